The molecule has 10 heteroatoms. The Morgan fingerprint density at radius 1 is 1.19 bits per heavy atom. The maximum Gasteiger partial charge on any atom is 0.257 e. The van der Waals surface area contributed by atoms with Gasteiger partial charge in [-0.25, -0.2) is 13.4 Å². The second-order valence-electron chi connectivity index (χ2n) is 7.69. The van der Waals surface area contributed by atoms with Crippen molar-refractivity contribution in [1.29, 1.82) is 0 Å². The smallest absolute Gasteiger partial charge is 0.257 e. The number of aliphatic hydroxyl groups excluding tert-OH is 1. The highest BCUT2D eigenvalue weighted by molar-refractivity contribution is 7.89. The molecule has 1 amide bonds. The van der Waals surface area contributed by atoms with Crippen molar-refractivity contribution in [2.75, 3.05) is 46.0 Å². The molecule has 0 saturated carbocycles. The average Bonchev–Trinajstić information content (AvgIpc) is 3.38. The quantitative estimate of drug-likeness (QED) is 0.477. The first-order valence-corrected chi connectivity index (χ1v) is 11.6. The summed E-state index contributed by atoms with van der Waals surface area (Å²) in [4.78, 5) is 18.7. The first kappa shape index (κ1) is 22.3. The predicted octanol–water partition coefficient (Wildman–Crippen LogP) is 0.903. The summed E-state index contributed by atoms with van der Waals surface area (Å²) in [5, 5.41) is 9.75. The van der Waals surface area contributed by atoms with Gasteiger partial charge < -0.3 is 19.5 Å². The number of nitrogens with zero attached hydrogens (tertiary/aromatic N) is 3. The lowest BCUT2D eigenvalue weighted by molar-refractivity contribution is -0.134. The maximum atomic E-state index is 13.1. The molecule has 0 bridgehead atoms. The van der Waals surface area contributed by atoms with Gasteiger partial charge in [-0.05, 0) is 16.7 Å². The molecule has 0 spiro atoms. The van der Waals surface area contributed by atoms with Gasteiger partial charge in [0.25, 0.3) is 5.88 Å². The summed E-state index contributed by atoms with van der Waals surface area (Å²) in [7, 11) is -3.78. The van der Waals surface area contributed by atoms with Crippen LogP contribution in [0.25, 0.3) is 0 Å². The highest BCUT2D eigenvalue weighted by Gasteiger charge is 2.39. The van der Waals surface area contributed by atoms with Crippen LogP contribution in [-0.4, -0.2) is 79.6 Å². The number of hydrogen-bond donors (Lipinski definition) is 1. The Morgan fingerprint density at radius 3 is 2.50 bits per heavy atom. The van der Waals surface area contributed by atoms with E-state index in [4.69, 9.17) is 9.47 Å². The van der Waals surface area contributed by atoms with Crippen LogP contribution < -0.4 is 9.47 Å². The largest absolute Gasteiger partial charge is 0.484 e. The molecule has 170 valence electrons. The summed E-state index contributed by atoms with van der Waals surface area (Å²) in [6.07, 6.45) is 6.01. The van der Waals surface area contributed by atoms with E-state index in [0.29, 0.717) is 37.6 Å². The minimum atomic E-state index is -3.78. The fourth-order valence-corrected chi connectivity index (χ4v) is 5.48. The second-order valence-corrected chi connectivity index (χ2v) is 9.63. The number of sulfonamides is 1. The molecule has 1 aromatic rings. The standard InChI is InChI=1S/C22H25N3O6S/c1-3-5-15(4-2)19(14-26)22(27)24-10-16-12-25(13-17(16)11-24)32(28,29)18-8-20-21(23-9-18)31-7-6-30-20/h3-5,8-9,19,26H,1-2,6-7,10-14H2/b15-5+/t19-/m1/s1. The highest BCUT2D eigenvalue weighted by Crippen LogP contribution is 2.34. The van der Waals surface area contributed by atoms with E-state index in [1.807, 2.05) is 0 Å². The summed E-state index contributed by atoms with van der Waals surface area (Å²) in [6.45, 7) is 8.77. The molecule has 4 rings (SSSR count). The summed E-state index contributed by atoms with van der Waals surface area (Å²) < 4.78 is 38.5. The van der Waals surface area contributed by atoms with Crippen molar-refractivity contribution in [2.45, 2.75) is 4.90 Å². The van der Waals surface area contributed by atoms with Crippen molar-refractivity contribution < 1.29 is 27.8 Å². The van der Waals surface area contributed by atoms with E-state index >= 15 is 0 Å². The van der Waals surface area contributed by atoms with Crippen molar-refractivity contribution in [3.63, 3.8) is 0 Å². The van der Waals surface area contributed by atoms with E-state index in [-0.39, 0.29) is 36.4 Å². The minimum absolute atomic E-state index is 0.0430. The van der Waals surface area contributed by atoms with Gasteiger partial charge in [-0.1, -0.05) is 31.4 Å². The molecule has 4 heterocycles. The van der Waals surface area contributed by atoms with E-state index < -0.39 is 15.9 Å². The maximum absolute atomic E-state index is 13.1. The molecule has 1 atom stereocenters. The fourth-order valence-electron chi connectivity index (χ4n) is 4.09. The summed E-state index contributed by atoms with van der Waals surface area (Å²) in [5.41, 5.74) is 2.39. The number of allylic oxidation sites excluding steroid dienone is 3. The van der Waals surface area contributed by atoms with Crippen LogP contribution in [0.15, 0.2) is 65.3 Å². The predicted molar refractivity (Wildman–Crippen MR) is 117 cm³/mol. The van der Waals surface area contributed by atoms with Gasteiger partial charge in [0, 0.05) is 32.2 Å². The Labute approximate surface area is 187 Å². The van der Waals surface area contributed by atoms with Gasteiger partial charge in [-0.3, -0.25) is 4.79 Å². The van der Waals surface area contributed by atoms with Gasteiger partial charge in [0.05, 0.1) is 18.7 Å². The van der Waals surface area contributed by atoms with E-state index in [0.717, 1.165) is 11.1 Å². The van der Waals surface area contributed by atoms with Crippen molar-refractivity contribution in [2.24, 2.45) is 5.92 Å². The third-order valence-electron chi connectivity index (χ3n) is 5.75. The second kappa shape index (κ2) is 8.89. The molecule has 3 aliphatic rings. The van der Waals surface area contributed by atoms with Crippen LogP contribution in [0.4, 0.5) is 0 Å². The van der Waals surface area contributed by atoms with Crippen LogP contribution in [0.5, 0.6) is 11.6 Å². The summed E-state index contributed by atoms with van der Waals surface area (Å²) in [6, 6.07) is 1.44. The van der Waals surface area contributed by atoms with Gasteiger partial charge in [-0.2, -0.15) is 4.31 Å². The molecular weight excluding hydrogens is 434 g/mol. The minimum Gasteiger partial charge on any atom is -0.484 e. The number of amides is 1. The number of carbonyl (C=O) groups excluding carboxylic acids is 1. The van der Waals surface area contributed by atoms with Gasteiger partial charge in [0.1, 0.15) is 18.1 Å². The van der Waals surface area contributed by atoms with Crippen LogP contribution >= 0.6 is 0 Å². The molecule has 32 heavy (non-hydrogen) atoms. The van der Waals surface area contributed by atoms with Crippen LogP contribution in [0.3, 0.4) is 0 Å². The van der Waals surface area contributed by atoms with Crippen molar-refractivity contribution in [1.82, 2.24) is 14.2 Å². The molecule has 0 radical (unpaired) electrons. The first-order valence-electron chi connectivity index (χ1n) is 10.2. The Kier molecular flexibility index (Phi) is 6.18. The number of pyridine rings is 1. The van der Waals surface area contributed by atoms with Gasteiger partial charge in [0.15, 0.2) is 5.75 Å². The zero-order valence-electron chi connectivity index (χ0n) is 17.6. The van der Waals surface area contributed by atoms with Gasteiger partial charge >= 0.3 is 0 Å². The normalized spacial score (nSPS) is 19.7. The van der Waals surface area contributed by atoms with E-state index in [1.54, 1.807) is 17.1 Å². The number of rotatable bonds is 7. The van der Waals surface area contributed by atoms with Crippen molar-refractivity contribution >= 4 is 15.9 Å². The molecule has 0 fully saturated rings. The molecule has 9 nitrogen and oxygen atoms in total. The molecule has 0 unspecified atom stereocenters. The zero-order valence-corrected chi connectivity index (χ0v) is 18.4. The van der Waals surface area contributed by atoms with E-state index in [9.17, 15) is 18.3 Å². The highest BCUT2D eigenvalue weighted by atomic mass is 32.2. The molecule has 0 saturated heterocycles. The monoisotopic (exact) mass is 459 g/mol. The number of hydrogen-bond acceptors (Lipinski definition) is 7. The molecule has 0 aliphatic carbocycles. The number of carbonyl (C=O) groups is 1. The Bertz CT molecular complexity index is 1110. The lowest BCUT2D eigenvalue weighted by Gasteiger charge is -2.26. The van der Waals surface area contributed by atoms with Crippen LogP contribution in [0, 0.1) is 5.92 Å². The van der Waals surface area contributed by atoms with Crippen LogP contribution in [-0.2, 0) is 14.8 Å². The Hall–Kier alpha value is -2.95. The topological polar surface area (TPSA) is 109 Å². The zero-order chi connectivity index (χ0) is 22.9. The van der Waals surface area contributed by atoms with Crippen molar-refractivity contribution in [3.8, 4) is 11.6 Å². The third-order valence-corrected chi connectivity index (χ3v) is 7.51. The molecular formula is C22H25N3O6S. The van der Waals surface area contributed by atoms with Crippen LogP contribution in [0.2, 0.25) is 0 Å². The lowest BCUT2D eigenvalue weighted by atomic mass is 9.97. The molecule has 1 N–H and O–H groups in total. The average molecular weight is 460 g/mol. The molecule has 3 aliphatic heterocycles. The number of fused-ring (bicyclic) bond motifs is 1. The molecule has 1 aromatic heterocycles. The number of ether oxygens (including phenoxy) is 2. The summed E-state index contributed by atoms with van der Waals surface area (Å²) in [5.74, 6) is -0.349. The number of aliphatic hydroxyl groups is 1. The summed E-state index contributed by atoms with van der Waals surface area (Å²) >= 11 is 0. The van der Waals surface area contributed by atoms with Gasteiger partial charge in [0.2, 0.25) is 15.9 Å². The fraction of sp³-hybridized carbons (Fsp3) is 0.364. The Morgan fingerprint density at radius 2 is 1.88 bits per heavy atom. The van der Waals surface area contributed by atoms with E-state index in [2.05, 4.69) is 18.1 Å². The SMILES string of the molecule is C=C/C=C(\C=C)[C@@H](CO)C(=O)N1CC2=C(C1)CN(S(=O)(=O)c1cnc3c(c1)OCCO3)C2. The van der Waals surface area contributed by atoms with Crippen molar-refractivity contribution in [3.05, 3.63) is 60.4 Å². The van der Waals surface area contributed by atoms with E-state index in [1.165, 1.54) is 22.6 Å². The lowest BCUT2D eigenvalue weighted by Crippen LogP contribution is -2.40. The Balaban J connectivity index is 1.44. The third kappa shape index (κ3) is 3.96. The number of aromatic nitrogens is 1. The first-order chi connectivity index (χ1) is 15.4. The van der Waals surface area contributed by atoms with Crippen LogP contribution in [0.1, 0.15) is 0 Å². The van der Waals surface area contributed by atoms with Gasteiger partial charge in [-0.15, -0.1) is 0 Å². The molecule has 0 aromatic carbocycles.